The summed E-state index contributed by atoms with van der Waals surface area (Å²) in [7, 11) is -1.04. The molecule has 0 aliphatic carbocycles. The fraction of sp³-hybridized carbons (Fsp3) is 0.364. The Labute approximate surface area is 161 Å². The van der Waals surface area contributed by atoms with Gasteiger partial charge in [0, 0.05) is 23.1 Å². The fourth-order valence-corrected chi connectivity index (χ4v) is 5.36. The summed E-state index contributed by atoms with van der Waals surface area (Å²) >= 11 is 0. The summed E-state index contributed by atoms with van der Waals surface area (Å²) in [5, 5.41) is 1.25. The van der Waals surface area contributed by atoms with E-state index in [1.807, 2.05) is 6.07 Å². The van der Waals surface area contributed by atoms with Gasteiger partial charge in [-0.25, -0.2) is 8.42 Å². The number of nitrogens with one attached hydrogen (secondary N) is 1. The van der Waals surface area contributed by atoms with Crippen LogP contribution in [0.1, 0.15) is 24.0 Å². The lowest BCUT2D eigenvalue weighted by atomic mass is 10.0. The quantitative estimate of drug-likeness (QED) is 0.705. The number of hydrogen-bond acceptors (Lipinski definition) is 3. The first-order valence-corrected chi connectivity index (χ1v) is 11.2. The number of aromatic amines is 1. The van der Waals surface area contributed by atoms with Gasteiger partial charge >= 0.3 is 0 Å². The molecule has 1 N–H and O–H groups in total. The number of nitrogens with zero attached hydrogens (tertiary/aromatic N) is 1. The summed E-state index contributed by atoms with van der Waals surface area (Å²) in [5.74, 6) is 0.128. The van der Waals surface area contributed by atoms with Crippen LogP contribution < -0.4 is 0 Å². The molecule has 0 amide bonds. The molecule has 0 saturated carbocycles. The van der Waals surface area contributed by atoms with Gasteiger partial charge in [-0.1, -0.05) is 30.3 Å². The van der Waals surface area contributed by atoms with Gasteiger partial charge in [-0.15, -0.1) is 0 Å². The Bertz CT molecular complexity index is 1020. The highest BCUT2D eigenvalue weighted by Gasteiger charge is 2.22. The van der Waals surface area contributed by atoms with Crippen LogP contribution >= 0.6 is 0 Å². The minimum absolute atomic E-state index is 0.128. The molecule has 1 atom stereocenters. The van der Waals surface area contributed by atoms with E-state index in [-0.39, 0.29) is 5.75 Å². The number of benzene rings is 2. The zero-order valence-electron chi connectivity index (χ0n) is 15.7. The Hall–Kier alpha value is -2.11. The zero-order chi connectivity index (χ0) is 18.9. The van der Waals surface area contributed by atoms with Crippen LogP contribution in [0.4, 0.5) is 0 Å². The highest BCUT2D eigenvalue weighted by Crippen LogP contribution is 2.25. The van der Waals surface area contributed by atoms with Crippen molar-refractivity contribution in [2.75, 3.05) is 19.3 Å². The standard InChI is InChI=1S/C22H26N2O2S/c1-24-12-5-6-19(24)15-18-16-23-22-14-17(9-10-21(18)22)11-13-27(25,26)20-7-3-2-4-8-20/h2-4,7-10,14,16,19,23H,5-6,11-13,15H2,1H3. The van der Waals surface area contributed by atoms with Crippen LogP contribution in [-0.4, -0.2) is 43.7 Å². The first kappa shape index (κ1) is 18.3. The van der Waals surface area contributed by atoms with Crippen LogP contribution in [0.25, 0.3) is 10.9 Å². The number of aromatic nitrogens is 1. The van der Waals surface area contributed by atoms with Gasteiger partial charge in [-0.3, -0.25) is 0 Å². The first-order chi connectivity index (χ1) is 13.0. The Balaban J connectivity index is 1.48. The highest BCUT2D eigenvalue weighted by atomic mass is 32.2. The van der Waals surface area contributed by atoms with Crippen molar-refractivity contribution in [3.05, 3.63) is 65.9 Å². The molecule has 142 valence electrons. The van der Waals surface area contributed by atoms with Crippen LogP contribution in [0.5, 0.6) is 0 Å². The van der Waals surface area contributed by atoms with Crippen LogP contribution in [-0.2, 0) is 22.7 Å². The van der Waals surface area contributed by atoms with Crippen molar-refractivity contribution in [3.8, 4) is 0 Å². The lowest BCUT2D eigenvalue weighted by molar-refractivity contribution is 0.310. The summed E-state index contributed by atoms with van der Waals surface area (Å²) in [6.07, 6.45) is 6.24. The molecule has 3 aromatic rings. The largest absolute Gasteiger partial charge is 0.361 e. The van der Waals surface area contributed by atoms with E-state index < -0.39 is 9.84 Å². The van der Waals surface area contributed by atoms with Crippen LogP contribution in [0.3, 0.4) is 0 Å². The normalized spacial score (nSPS) is 18.3. The van der Waals surface area contributed by atoms with E-state index in [9.17, 15) is 8.42 Å². The predicted octanol–water partition coefficient (Wildman–Crippen LogP) is 3.82. The Morgan fingerprint density at radius 2 is 1.96 bits per heavy atom. The Kier molecular flexibility index (Phi) is 5.06. The summed E-state index contributed by atoms with van der Waals surface area (Å²) in [4.78, 5) is 6.22. The topological polar surface area (TPSA) is 53.2 Å². The third-order valence-electron chi connectivity index (χ3n) is 5.72. The van der Waals surface area contributed by atoms with Gasteiger partial charge in [-0.2, -0.15) is 0 Å². The number of H-pyrrole nitrogens is 1. The van der Waals surface area contributed by atoms with Crippen molar-refractivity contribution in [1.82, 2.24) is 9.88 Å². The number of sulfone groups is 1. The van der Waals surface area contributed by atoms with E-state index >= 15 is 0 Å². The van der Waals surface area contributed by atoms with Gasteiger partial charge in [0.15, 0.2) is 9.84 Å². The minimum Gasteiger partial charge on any atom is -0.361 e. The maximum atomic E-state index is 12.5. The molecule has 0 bridgehead atoms. The van der Waals surface area contributed by atoms with Crippen molar-refractivity contribution in [2.24, 2.45) is 0 Å². The molecule has 1 saturated heterocycles. The van der Waals surface area contributed by atoms with E-state index in [1.165, 1.54) is 30.3 Å². The Morgan fingerprint density at radius 3 is 2.70 bits per heavy atom. The zero-order valence-corrected chi connectivity index (χ0v) is 16.5. The molecule has 5 heteroatoms. The highest BCUT2D eigenvalue weighted by molar-refractivity contribution is 7.91. The SMILES string of the molecule is CN1CCCC1Cc1c[nH]c2cc(CCS(=O)(=O)c3ccccc3)ccc12. The smallest absolute Gasteiger partial charge is 0.178 e. The van der Waals surface area contributed by atoms with Crippen molar-refractivity contribution >= 4 is 20.7 Å². The second kappa shape index (κ2) is 7.49. The fourth-order valence-electron chi connectivity index (χ4n) is 4.05. The third kappa shape index (κ3) is 3.94. The van der Waals surface area contributed by atoms with Crippen molar-refractivity contribution in [3.63, 3.8) is 0 Å². The van der Waals surface area contributed by atoms with E-state index in [2.05, 4.69) is 41.3 Å². The average Bonchev–Trinajstić information content (AvgIpc) is 3.27. The summed E-state index contributed by atoms with van der Waals surface area (Å²) in [6.45, 7) is 1.19. The molecule has 1 aliphatic rings. The summed E-state index contributed by atoms with van der Waals surface area (Å²) < 4.78 is 25.0. The molecule has 1 aliphatic heterocycles. The van der Waals surface area contributed by atoms with Crippen molar-refractivity contribution in [1.29, 1.82) is 0 Å². The van der Waals surface area contributed by atoms with Crippen molar-refractivity contribution in [2.45, 2.75) is 36.6 Å². The predicted molar refractivity (Wildman–Crippen MR) is 110 cm³/mol. The van der Waals surface area contributed by atoms with Gasteiger partial charge < -0.3 is 9.88 Å². The monoisotopic (exact) mass is 382 g/mol. The third-order valence-corrected chi connectivity index (χ3v) is 7.45. The number of fused-ring (bicyclic) bond motifs is 1. The van der Waals surface area contributed by atoms with Gasteiger partial charge in [0.25, 0.3) is 0 Å². The van der Waals surface area contributed by atoms with E-state index in [1.54, 1.807) is 24.3 Å². The molecular weight excluding hydrogens is 356 g/mol. The van der Waals surface area contributed by atoms with Gasteiger partial charge in [0.2, 0.25) is 0 Å². The molecule has 27 heavy (non-hydrogen) atoms. The molecule has 1 aromatic heterocycles. The molecule has 0 spiro atoms. The van der Waals surface area contributed by atoms with E-state index in [4.69, 9.17) is 0 Å². The van der Waals surface area contributed by atoms with Gasteiger partial charge in [-0.05, 0) is 68.6 Å². The molecule has 1 fully saturated rings. The minimum atomic E-state index is -3.24. The number of aryl methyl sites for hydroxylation is 1. The lowest BCUT2D eigenvalue weighted by Crippen LogP contribution is -2.26. The van der Waals surface area contributed by atoms with E-state index in [0.717, 1.165) is 17.5 Å². The van der Waals surface area contributed by atoms with Gasteiger partial charge in [0.05, 0.1) is 10.6 Å². The Morgan fingerprint density at radius 1 is 1.15 bits per heavy atom. The summed E-state index contributed by atoms with van der Waals surface area (Å²) in [6, 6.07) is 15.6. The van der Waals surface area contributed by atoms with Crippen LogP contribution in [0, 0.1) is 0 Å². The molecule has 1 unspecified atom stereocenters. The average molecular weight is 383 g/mol. The van der Waals surface area contributed by atoms with Crippen LogP contribution in [0.2, 0.25) is 0 Å². The summed E-state index contributed by atoms with van der Waals surface area (Å²) in [5.41, 5.74) is 3.50. The molecule has 2 heterocycles. The lowest BCUT2D eigenvalue weighted by Gasteiger charge is -2.18. The second-order valence-corrected chi connectivity index (χ2v) is 9.67. The maximum Gasteiger partial charge on any atom is 0.178 e. The number of likely N-dealkylation sites (tertiary alicyclic amines) is 1. The molecule has 4 rings (SSSR count). The van der Waals surface area contributed by atoms with Gasteiger partial charge in [0.1, 0.15) is 0 Å². The number of rotatable bonds is 6. The molecule has 4 nitrogen and oxygen atoms in total. The molecule has 0 radical (unpaired) electrons. The maximum absolute atomic E-state index is 12.5. The van der Waals surface area contributed by atoms with Crippen LogP contribution in [0.15, 0.2) is 59.6 Å². The number of hydrogen-bond donors (Lipinski definition) is 1. The number of likely N-dealkylation sites (N-methyl/N-ethyl adjacent to an activating group) is 1. The first-order valence-electron chi connectivity index (χ1n) is 9.60. The van der Waals surface area contributed by atoms with E-state index in [0.29, 0.717) is 17.4 Å². The second-order valence-electron chi connectivity index (χ2n) is 7.56. The molecular formula is C22H26N2O2S. The molecule has 2 aromatic carbocycles. The van der Waals surface area contributed by atoms with Crippen molar-refractivity contribution < 1.29 is 8.42 Å².